The molecule has 2 amide bonds. The molecular weight excluding hydrogens is 232 g/mol. The summed E-state index contributed by atoms with van der Waals surface area (Å²) in [5.41, 5.74) is -0.535. The largest absolute Gasteiger partial charge is 0.480 e. The van der Waals surface area contributed by atoms with Crippen molar-refractivity contribution in [1.82, 2.24) is 10.6 Å². The molecule has 0 saturated carbocycles. The minimum absolute atomic E-state index is 0.460. The third-order valence-electron chi connectivity index (χ3n) is 2.42. The Morgan fingerprint density at radius 2 is 1.94 bits per heavy atom. The summed E-state index contributed by atoms with van der Waals surface area (Å²) >= 11 is 0. The first-order valence-corrected chi connectivity index (χ1v) is 5.99. The number of unbranched alkanes of at least 4 members (excludes halogenated alkanes) is 2. The lowest BCUT2D eigenvalue weighted by Gasteiger charge is -2.27. The molecule has 0 aromatic heterocycles. The Bertz CT molecular complexity index is 326. The fourth-order valence-electron chi connectivity index (χ4n) is 1.38. The van der Waals surface area contributed by atoms with Gasteiger partial charge in [-0.15, -0.1) is 12.3 Å². The number of carboxylic acids is 1. The number of carbonyl (C=O) groups is 2. The molecule has 0 aliphatic heterocycles. The second kappa shape index (κ2) is 7.59. The maximum atomic E-state index is 11.5. The molecule has 0 fully saturated rings. The second-order valence-electron chi connectivity index (χ2n) is 5.20. The van der Waals surface area contributed by atoms with E-state index in [1.54, 1.807) is 20.8 Å². The Balaban J connectivity index is 4.06. The highest BCUT2D eigenvalue weighted by Crippen LogP contribution is 2.19. The van der Waals surface area contributed by atoms with Crippen molar-refractivity contribution in [2.75, 3.05) is 6.54 Å². The van der Waals surface area contributed by atoms with Crippen LogP contribution in [-0.2, 0) is 4.79 Å². The third kappa shape index (κ3) is 6.79. The molecule has 5 heteroatoms. The van der Waals surface area contributed by atoms with Crippen LogP contribution in [0.3, 0.4) is 0 Å². The number of urea groups is 1. The molecule has 0 aliphatic rings. The van der Waals surface area contributed by atoms with Crippen molar-refractivity contribution < 1.29 is 14.7 Å². The molecule has 1 unspecified atom stereocenters. The van der Waals surface area contributed by atoms with Gasteiger partial charge in [-0.1, -0.05) is 20.8 Å². The van der Waals surface area contributed by atoms with E-state index >= 15 is 0 Å². The number of hydrogen-bond acceptors (Lipinski definition) is 2. The van der Waals surface area contributed by atoms with Crippen LogP contribution in [0.5, 0.6) is 0 Å². The zero-order chi connectivity index (χ0) is 14.2. The highest BCUT2D eigenvalue weighted by molar-refractivity contribution is 5.83. The minimum Gasteiger partial charge on any atom is -0.480 e. The number of rotatable bonds is 6. The maximum Gasteiger partial charge on any atom is 0.326 e. The monoisotopic (exact) mass is 254 g/mol. The van der Waals surface area contributed by atoms with Crippen LogP contribution < -0.4 is 10.6 Å². The Hall–Kier alpha value is -1.70. The fraction of sp³-hybridized carbons (Fsp3) is 0.692. The molecule has 0 aromatic rings. The minimum atomic E-state index is -1.04. The number of carboxylic acid groups (broad SMARTS) is 1. The first-order valence-electron chi connectivity index (χ1n) is 5.99. The van der Waals surface area contributed by atoms with Crippen molar-refractivity contribution in [3.63, 3.8) is 0 Å². The molecule has 0 aromatic carbocycles. The Kier molecular flexibility index (Phi) is 6.88. The molecule has 3 N–H and O–H groups in total. The normalized spacial score (nSPS) is 12.3. The molecule has 5 nitrogen and oxygen atoms in total. The van der Waals surface area contributed by atoms with Gasteiger partial charge in [0.1, 0.15) is 6.04 Å². The van der Waals surface area contributed by atoms with Crippen LogP contribution in [0.15, 0.2) is 0 Å². The number of terminal acetylenes is 1. The van der Waals surface area contributed by atoms with Gasteiger partial charge in [-0.25, -0.2) is 9.59 Å². The standard InChI is InChI=1S/C13H22N2O3/c1-5-6-7-8-9-14-12(18)15-10(11(16)17)13(2,3)4/h1,10H,6-9H2,2-4H3,(H,16,17)(H2,14,15,18). The molecule has 0 rings (SSSR count). The van der Waals surface area contributed by atoms with Crippen LogP contribution >= 0.6 is 0 Å². The van der Waals surface area contributed by atoms with Gasteiger partial charge in [0.05, 0.1) is 0 Å². The molecule has 0 aliphatic carbocycles. The predicted molar refractivity (Wildman–Crippen MR) is 70.1 cm³/mol. The van der Waals surface area contributed by atoms with Crippen LogP contribution in [-0.4, -0.2) is 29.7 Å². The lowest BCUT2D eigenvalue weighted by molar-refractivity contribution is -0.141. The molecule has 1 atom stereocenters. The molecule has 18 heavy (non-hydrogen) atoms. The lowest BCUT2D eigenvalue weighted by Crippen LogP contribution is -2.52. The average molecular weight is 254 g/mol. The smallest absolute Gasteiger partial charge is 0.326 e. The summed E-state index contributed by atoms with van der Waals surface area (Å²) in [6.07, 6.45) is 7.41. The number of carbonyl (C=O) groups excluding carboxylic acids is 1. The van der Waals surface area contributed by atoms with Gasteiger partial charge in [-0.2, -0.15) is 0 Å². The van der Waals surface area contributed by atoms with E-state index in [-0.39, 0.29) is 0 Å². The summed E-state index contributed by atoms with van der Waals surface area (Å²) in [5, 5.41) is 14.1. The molecule has 102 valence electrons. The summed E-state index contributed by atoms with van der Waals surface area (Å²) in [6, 6.07) is -1.37. The highest BCUT2D eigenvalue weighted by atomic mass is 16.4. The topological polar surface area (TPSA) is 78.4 Å². The van der Waals surface area contributed by atoms with Gasteiger partial charge in [0, 0.05) is 13.0 Å². The van der Waals surface area contributed by atoms with Gasteiger partial charge in [-0.05, 0) is 18.3 Å². The molecule has 0 spiro atoms. The van der Waals surface area contributed by atoms with E-state index in [0.717, 1.165) is 12.8 Å². The zero-order valence-corrected chi connectivity index (χ0v) is 11.2. The van der Waals surface area contributed by atoms with Crippen LogP contribution in [0.1, 0.15) is 40.0 Å². The van der Waals surface area contributed by atoms with Gasteiger partial charge in [0.2, 0.25) is 0 Å². The van der Waals surface area contributed by atoms with Crippen molar-refractivity contribution >= 4 is 12.0 Å². The quantitative estimate of drug-likeness (QED) is 0.497. The van der Waals surface area contributed by atoms with E-state index in [2.05, 4.69) is 16.6 Å². The van der Waals surface area contributed by atoms with Crippen molar-refractivity contribution in [1.29, 1.82) is 0 Å². The Morgan fingerprint density at radius 1 is 1.33 bits per heavy atom. The van der Waals surface area contributed by atoms with Gasteiger partial charge in [0.25, 0.3) is 0 Å². The maximum absolute atomic E-state index is 11.5. The highest BCUT2D eigenvalue weighted by Gasteiger charge is 2.32. The van der Waals surface area contributed by atoms with E-state index in [0.29, 0.717) is 13.0 Å². The Morgan fingerprint density at radius 3 is 2.39 bits per heavy atom. The van der Waals surface area contributed by atoms with E-state index < -0.39 is 23.5 Å². The molecular formula is C13H22N2O3. The SMILES string of the molecule is C#CCCCCNC(=O)NC(C(=O)O)C(C)(C)C. The van der Waals surface area contributed by atoms with E-state index in [1.807, 2.05) is 0 Å². The second-order valence-corrected chi connectivity index (χ2v) is 5.20. The van der Waals surface area contributed by atoms with Crippen LogP contribution in [0.2, 0.25) is 0 Å². The zero-order valence-electron chi connectivity index (χ0n) is 11.2. The number of amides is 2. The molecule has 0 radical (unpaired) electrons. The van der Waals surface area contributed by atoms with Crippen molar-refractivity contribution in [2.24, 2.45) is 5.41 Å². The van der Waals surface area contributed by atoms with E-state index in [1.165, 1.54) is 0 Å². The van der Waals surface area contributed by atoms with E-state index in [9.17, 15) is 9.59 Å². The first kappa shape index (κ1) is 16.3. The van der Waals surface area contributed by atoms with Gasteiger partial charge in [0.15, 0.2) is 0 Å². The first-order chi connectivity index (χ1) is 8.29. The van der Waals surface area contributed by atoms with E-state index in [4.69, 9.17) is 11.5 Å². The van der Waals surface area contributed by atoms with Crippen molar-refractivity contribution in [3.05, 3.63) is 0 Å². The fourth-order valence-corrected chi connectivity index (χ4v) is 1.38. The molecule has 0 heterocycles. The summed E-state index contributed by atoms with van der Waals surface area (Å²) in [6.45, 7) is 5.78. The van der Waals surface area contributed by atoms with Crippen LogP contribution in [0.25, 0.3) is 0 Å². The van der Waals surface area contributed by atoms with Crippen LogP contribution in [0, 0.1) is 17.8 Å². The number of aliphatic carboxylic acids is 1. The van der Waals surface area contributed by atoms with Gasteiger partial charge in [-0.3, -0.25) is 0 Å². The summed E-state index contributed by atoms with van der Waals surface area (Å²) < 4.78 is 0. The summed E-state index contributed by atoms with van der Waals surface area (Å²) in [5.74, 6) is 1.48. The lowest BCUT2D eigenvalue weighted by atomic mass is 9.87. The summed E-state index contributed by atoms with van der Waals surface area (Å²) in [7, 11) is 0. The third-order valence-corrected chi connectivity index (χ3v) is 2.42. The molecule has 0 bridgehead atoms. The Labute approximate surface area is 108 Å². The predicted octanol–water partition coefficient (Wildman–Crippen LogP) is 1.59. The van der Waals surface area contributed by atoms with Crippen molar-refractivity contribution in [3.8, 4) is 12.3 Å². The average Bonchev–Trinajstić information content (AvgIpc) is 2.23. The number of nitrogens with one attached hydrogen (secondary N) is 2. The van der Waals surface area contributed by atoms with Crippen LogP contribution in [0.4, 0.5) is 4.79 Å². The van der Waals surface area contributed by atoms with Crippen molar-refractivity contribution in [2.45, 2.75) is 46.1 Å². The molecule has 0 saturated heterocycles. The van der Waals surface area contributed by atoms with Gasteiger partial charge < -0.3 is 15.7 Å². The number of hydrogen-bond donors (Lipinski definition) is 3. The summed E-state index contributed by atoms with van der Waals surface area (Å²) in [4.78, 5) is 22.5. The van der Waals surface area contributed by atoms with Gasteiger partial charge >= 0.3 is 12.0 Å².